The average Bonchev–Trinajstić information content (AvgIpc) is 2.70. The summed E-state index contributed by atoms with van der Waals surface area (Å²) in [4.78, 5) is 3.90. The molecule has 4 nitrogen and oxygen atoms in total. The minimum Gasteiger partial charge on any atom is -0.326 e. The molecular weight excluding hydrogens is 176 g/mol. The largest absolute Gasteiger partial charge is 0.326 e. The van der Waals surface area contributed by atoms with E-state index in [1.54, 1.807) is 11.0 Å². The highest BCUT2D eigenvalue weighted by molar-refractivity contribution is 5.39. The Hall–Kier alpha value is -1.68. The quantitative estimate of drug-likeness (QED) is 0.766. The SMILES string of the molecule is Cc1cc(-n2cncn2)ccc1CN. The molecule has 0 aliphatic rings. The molecule has 4 heteroatoms. The van der Waals surface area contributed by atoms with Gasteiger partial charge in [-0.05, 0) is 30.2 Å². The molecule has 0 atom stereocenters. The van der Waals surface area contributed by atoms with Crippen LogP contribution in [0.2, 0.25) is 0 Å². The molecule has 72 valence electrons. The van der Waals surface area contributed by atoms with Gasteiger partial charge in [0.1, 0.15) is 12.7 Å². The van der Waals surface area contributed by atoms with Gasteiger partial charge in [0.2, 0.25) is 0 Å². The van der Waals surface area contributed by atoms with Crippen molar-refractivity contribution in [3.63, 3.8) is 0 Å². The first-order valence-electron chi connectivity index (χ1n) is 4.46. The zero-order valence-electron chi connectivity index (χ0n) is 8.01. The molecule has 0 aliphatic heterocycles. The summed E-state index contributed by atoms with van der Waals surface area (Å²) in [5.74, 6) is 0. The van der Waals surface area contributed by atoms with Crippen LogP contribution in [0.25, 0.3) is 5.69 Å². The van der Waals surface area contributed by atoms with E-state index < -0.39 is 0 Å². The predicted molar refractivity (Wildman–Crippen MR) is 54.0 cm³/mol. The summed E-state index contributed by atoms with van der Waals surface area (Å²) in [6.07, 6.45) is 3.20. The Labute approximate surface area is 82.4 Å². The van der Waals surface area contributed by atoms with Crippen LogP contribution in [-0.4, -0.2) is 14.8 Å². The van der Waals surface area contributed by atoms with Crippen molar-refractivity contribution in [2.24, 2.45) is 5.73 Å². The molecule has 14 heavy (non-hydrogen) atoms. The van der Waals surface area contributed by atoms with E-state index in [1.165, 1.54) is 11.9 Å². The molecule has 0 aliphatic carbocycles. The Balaban J connectivity index is 2.43. The van der Waals surface area contributed by atoms with Gasteiger partial charge in [-0.3, -0.25) is 0 Å². The first-order valence-corrected chi connectivity index (χ1v) is 4.46. The Morgan fingerprint density at radius 3 is 2.86 bits per heavy atom. The highest BCUT2D eigenvalue weighted by Gasteiger charge is 2.00. The van der Waals surface area contributed by atoms with Crippen LogP contribution in [0.15, 0.2) is 30.9 Å². The van der Waals surface area contributed by atoms with E-state index in [4.69, 9.17) is 5.73 Å². The molecule has 1 heterocycles. The lowest BCUT2D eigenvalue weighted by molar-refractivity contribution is 0.875. The van der Waals surface area contributed by atoms with E-state index in [9.17, 15) is 0 Å². The van der Waals surface area contributed by atoms with Crippen LogP contribution in [0, 0.1) is 6.92 Å². The van der Waals surface area contributed by atoms with Crippen molar-refractivity contribution in [3.8, 4) is 5.69 Å². The third-order valence-electron chi connectivity index (χ3n) is 2.23. The highest BCUT2D eigenvalue weighted by Crippen LogP contribution is 2.12. The summed E-state index contributed by atoms with van der Waals surface area (Å²) in [6.45, 7) is 2.62. The maximum absolute atomic E-state index is 5.58. The molecule has 1 aromatic carbocycles. The average molecular weight is 188 g/mol. The van der Waals surface area contributed by atoms with Crippen molar-refractivity contribution in [1.29, 1.82) is 0 Å². The maximum atomic E-state index is 5.58. The standard InChI is InChI=1S/C10H12N4/c1-8-4-10(3-2-9(8)5-11)14-7-12-6-13-14/h2-4,6-7H,5,11H2,1H3. The highest BCUT2D eigenvalue weighted by atomic mass is 15.3. The first-order chi connectivity index (χ1) is 6.81. The monoisotopic (exact) mass is 188 g/mol. The first kappa shape index (κ1) is 8.90. The number of hydrogen-bond acceptors (Lipinski definition) is 3. The number of nitrogens with two attached hydrogens (primary N) is 1. The summed E-state index contributed by atoms with van der Waals surface area (Å²) in [6, 6.07) is 6.06. The van der Waals surface area contributed by atoms with E-state index in [0.29, 0.717) is 6.54 Å². The van der Waals surface area contributed by atoms with E-state index in [1.807, 2.05) is 19.1 Å². The van der Waals surface area contributed by atoms with Crippen molar-refractivity contribution >= 4 is 0 Å². The fraction of sp³-hybridized carbons (Fsp3) is 0.200. The molecule has 2 N–H and O–H groups in total. The van der Waals surface area contributed by atoms with Crippen molar-refractivity contribution < 1.29 is 0 Å². The number of hydrogen-bond donors (Lipinski definition) is 1. The lowest BCUT2D eigenvalue weighted by Gasteiger charge is -2.05. The molecule has 2 aromatic rings. The molecule has 0 fully saturated rings. The smallest absolute Gasteiger partial charge is 0.138 e. The molecule has 0 radical (unpaired) electrons. The molecular formula is C10H12N4. The topological polar surface area (TPSA) is 56.7 Å². The Morgan fingerprint density at radius 1 is 1.43 bits per heavy atom. The summed E-state index contributed by atoms with van der Waals surface area (Å²) in [7, 11) is 0. The maximum Gasteiger partial charge on any atom is 0.138 e. The van der Waals surface area contributed by atoms with Crippen molar-refractivity contribution in [1.82, 2.24) is 14.8 Å². The normalized spacial score (nSPS) is 10.4. The van der Waals surface area contributed by atoms with E-state index in [0.717, 1.165) is 11.3 Å². The van der Waals surface area contributed by atoms with Crippen molar-refractivity contribution in [2.75, 3.05) is 0 Å². The number of aryl methyl sites for hydroxylation is 1. The van der Waals surface area contributed by atoms with Gasteiger partial charge in [-0.25, -0.2) is 9.67 Å². The summed E-state index contributed by atoms with van der Waals surface area (Å²) in [5, 5.41) is 4.06. The fourth-order valence-electron chi connectivity index (χ4n) is 1.39. The van der Waals surface area contributed by atoms with Crippen LogP contribution in [0.3, 0.4) is 0 Å². The van der Waals surface area contributed by atoms with Gasteiger partial charge < -0.3 is 5.73 Å². The van der Waals surface area contributed by atoms with Crippen LogP contribution in [0.1, 0.15) is 11.1 Å². The molecule has 0 bridgehead atoms. The summed E-state index contributed by atoms with van der Waals surface area (Å²) < 4.78 is 1.73. The number of nitrogens with zero attached hydrogens (tertiary/aromatic N) is 3. The van der Waals surface area contributed by atoms with Gasteiger partial charge in [0.25, 0.3) is 0 Å². The molecule has 0 amide bonds. The molecule has 0 unspecified atom stereocenters. The Morgan fingerprint density at radius 2 is 2.29 bits per heavy atom. The molecule has 1 aromatic heterocycles. The van der Waals surface area contributed by atoms with Crippen LogP contribution < -0.4 is 5.73 Å². The second-order valence-electron chi connectivity index (χ2n) is 3.15. The number of rotatable bonds is 2. The lowest BCUT2D eigenvalue weighted by atomic mass is 10.1. The van der Waals surface area contributed by atoms with Gasteiger partial charge >= 0.3 is 0 Å². The Bertz CT molecular complexity index is 420. The fourth-order valence-corrected chi connectivity index (χ4v) is 1.39. The third-order valence-corrected chi connectivity index (χ3v) is 2.23. The van der Waals surface area contributed by atoms with E-state index in [-0.39, 0.29) is 0 Å². The zero-order valence-corrected chi connectivity index (χ0v) is 8.01. The van der Waals surface area contributed by atoms with Gasteiger partial charge in [-0.15, -0.1) is 0 Å². The lowest BCUT2D eigenvalue weighted by Crippen LogP contribution is -2.01. The van der Waals surface area contributed by atoms with Crippen LogP contribution in [0.5, 0.6) is 0 Å². The van der Waals surface area contributed by atoms with Crippen LogP contribution >= 0.6 is 0 Å². The van der Waals surface area contributed by atoms with E-state index >= 15 is 0 Å². The number of benzene rings is 1. The van der Waals surface area contributed by atoms with Crippen molar-refractivity contribution in [3.05, 3.63) is 42.0 Å². The molecule has 0 saturated carbocycles. The second kappa shape index (κ2) is 3.59. The third kappa shape index (κ3) is 1.52. The van der Waals surface area contributed by atoms with Gasteiger partial charge in [0, 0.05) is 6.54 Å². The molecule has 0 saturated heterocycles. The van der Waals surface area contributed by atoms with Gasteiger partial charge in [-0.1, -0.05) is 6.07 Å². The minimum absolute atomic E-state index is 0.573. The Kier molecular flexibility index (Phi) is 2.28. The molecule has 2 rings (SSSR count). The van der Waals surface area contributed by atoms with Gasteiger partial charge in [0.05, 0.1) is 5.69 Å². The number of aromatic nitrogens is 3. The minimum atomic E-state index is 0.573. The van der Waals surface area contributed by atoms with Gasteiger partial charge in [0.15, 0.2) is 0 Å². The summed E-state index contributed by atoms with van der Waals surface area (Å²) >= 11 is 0. The van der Waals surface area contributed by atoms with Crippen molar-refractivity contribution in [2.45, 2.75) is 13.5 Å². The second-order valence-corrected chi connectivity index (χ2v) is 3.15. The van der Waals surface area contributed by atoms with E-state index in [2.05, 4.69) is 16.1 Å². The molecule has 0 spiro atoms. The zero-order chi connectivity index (χ0) is 9.97. The van der Waals surface area contributed by atoms with Crippen LogP contribution in [0.4, 0.5) is 0 Å². The van der Waals surface area contributed by atoms with Crippen LogP contribution in [-0.2, 0) is 6.54 Å². The predicted octanol–water partition coefficient (Wildman–Crippen LogP) is 1.03. The summed E-state index contributed by atoms with van der Waals surface area (Å²) in [5.41, 5.74) is 8.94. The van der Waals surface area contributed by atoms with Gasteiger partial charge in [-0.2, -0.15) is 5.10 Å².